The van der Waals surface area contributed by atoms with Crippen molar-refractivity contribution in [1.29, 1.82) is 0 Å². The summed E-state index contributed by atoms with van der Waals surface area (Å²) in [4.78, 5) is -0.0442. The van der Waals surface area contributed by atoms with Crippen molar-refractivity contribution in [2.24, 2.45) is 0 Å². The minimum absolute atomic E-state index is 0.0760. The van der Waals surface area contributed by atoms with Crippen LogP contribution >= 0.6 is 10.7 Å². The van der Waals surface area contributed by atoms with E-state index >= 15 is 0 Å². The summed E-state index contributed by atoms with van der Waals surface area (Å²) in [5.74, 6) is -0.0834. The van der Waals surface area contributed by atoms with Gasteiger partial charge >= 0.3 is 0 Å². The van der Waals surface area contributed by atoms with Gasteiger partial charge in [0.1, 0.15) is 0 Å². The van der Waals surface area contributed by atoms with Crippen LogP contribution in [0.2, 0.25) is 0 Å². The van der Waals surface area contributed by atoms with Crippen LogP contribution in [0.5, 0.6) is 0 Å². The molecule has 1 aromatic rings. The van der Waals surface area contributed by atoms with Crippen LogP contribution in [0, 0.1) is 0 Å². The minimum atomic E-state index is -3.83. The second-order valence-corrected chi connectivity index (χ2v) is 8.93. The molecular weight excluding hydrogens is 312 g/mol. The third-order valence-electron chi connectivity index (χ3n) is 2.89. The molecule has 0 amide bonds. The standard InChI is InChI=1S/C11H13ClO5S2/c12-19(15,16)11-5-3-10(4-6-11)18(13,14)8-9-2-1-7-17-9/h3-6,9H,1-2,7-8H2. The Morgan fingerprint density at radius 2 is 1.68 bits per heavy atom. The van der Waals surface area contributed by atoms with E-state index in [9.17, 15) is 16.8 Å². The van der Waals surface area contributed by atoms with Crippen LogP contribution in [0.15, 0.2) is 34.1 Å². The molecule has 0 spiro atoms. The van der Waals surface area contributed by atoms with Crippen molar-refractivity contribution >= 4 is 29.6 Å². The van der Waals surface area contributed by atoms with Gasteiger partial charge in [0.2, 0.25) is 0 Å². The first-order valence-corrected chi connectivity index (χ1v) is 9.64. The van der Waals surface area contributed by atoms with E-state index in [1.54, 1.807) is 0 Å². The van der Waals surface area contributed by atoms with Crippen LogP contribution in [0.4, 0.5) is 0 Å². The van der Waals surface area contributed by atoms with Gasteiger partial charge in [0, 0.05) is 17.3 Å². The predicted molar refractivity (Wildman–Crippen MR) is 70.5 cm³/mol. The Kier molecular flexibility index (Phi) is 4.20. The molecule has 0 aromatic heterocycles. The lowest BCUT2D eigenvalue weighted by Gasteiger charge is -2.10. The molecule has 1 aliphatic heterocycles. The summed E-state index contributed by atoms with van der Waals surface area (Å²) >= 11 is 0. The van der Waals surface area contributed by atoms with Crippen LogP contribution in [0.25, 0.3) is 0 Å². The molecule has 0 N–H and O–H groups in total. The zero-order valence-corrected chi connectivity index (χ0v) is 12.3. The third-order valence-corrected chi connectivity index (χ3v) is 6.06. The Hall–Kier alpha value is -0.630. The van der Waals surface area contributed by atoms with Crippen molar-refractivity contribution in [3.63, 3.8) is 0 Å². The average molecular weight is 325 g/mol. The number of hydrogen-bond donors (Lipinski definition) is 0. The molecule has 106 valence electrons. The molecule has 1 unspecified atom stereocenters. The SMILES string of the molecule is O=S(=O)(Cl)c1ccc(S(=O)(=O)CC2CCCO2)cc1. The molecule has 5 nitrogen and oxygen atoms in total. The topological polar surface area (TPSA) is 77.5 Å². The van der Waals surface area contributed by atoms with Crippen molar-refractivity contribution in [2.45, 2.75) is 28.7 Å². The summed E-state index contributed by atoms with van der Waals surface area (Å²) in [5, 5.41) is 0. The zero-order valence-electron chi connectivity index (χ0n) is 9.95. The van der Waals surface area contributed by atoms with E-state index in [0.29, 0.717) is 6.61 Å². The van der Waals surface area contributed by atoms with Gasteiger partial charge in [0.25, 0.3) is 9.05 Å². The van der Waals surface area contributed by atoms with Crippen molar-refractivity contribution in [3.8, 4) is 0 Å². The number of ether oxygens (including phenoxy) is 1. The Morgan fingerprint density at radius 3 is 2.16 bits per heavy atom. The lowest BCUT2D eigenvalue weighted by molar-refractivity contribution is 0.127. The Balaban J connectivity index is 2.21. The molecular formula is C11H13ClO5S2. The molecule has 19 heavy (non-hydrogen) atoms. The highest BCUT2D eigenvalue weighted by Gasteiger charge is 2.25. The highest BCUT2D eigenvalue weighted by molar-refractivity contribution is 8.13. The first-order chi connectivity index (χ1) is 8.79. The summed E-state index contributed by atoms with van der Waals surface area (Å²) in [7, 11) is -2.14. The maximum atomic E-state index is 12.1. The van der Waals surface area contributed by atoms with Crippen LogP contribution in [-0.4, -0.2) is 35.3 Å². The highest BCUT2D eigenvalue weighted by atomic mass is 35.7. The molecule has 1 aliphatic rings. The Morgan fingerprint density at radius 1 is 1.11 bits per heavy atom. The van der Waals surface area contributed by atoms with Crippen molar-refractivity contribution < 1.29 is 21.6 Å². The molecule has 1 heterocycles. The average Bonchev–Trinajstić information content (AvgIpc) is 2.80. The molecule has 0 bridgehead atoms. The lowest BCUT2D eigenvalue weighted by Crippen LogP contribution is -2.20. The molecule has 8 heteroatoms. The van der Waals surface area contributed by atoms with Gasteiger partial charge in [0.05, 0.1) is 21.6 Å². The van der Waals surface area contributed by atoms with Crippen molar-refractivity contribution in [1.82, 2.24) is 0 Å². The molecule has 2 rings (SSSR count). The van der Waals surface area contributed by atoms with Gasteiger partial charge in [0.15, 0.2) is 9.84 Å². The molecule has 0 aliphatic carbocycles. The van der Waals surface area contributed by atoms with E-state index < -0.39 is 18.9 Å². The van der Waals surface area contributed by atoms with Crippen LogP contribution in [-0.2, 0) is 23.6 Å². The summed E-state index contributed by atoms with van der Waals surface area (Å²) in [6.45, 7) is 0.587. The molecule has 1 fully saturated rings. The van der Waals surface area contributed by atoms with Gasteiger partial charge < -0.3 is 4.74 Å². The van der Waals surface area contributed by atoms with Gasteiger partial charge in [-0.05, 0) is 37.1 Å². The third kappa shape index (κ3) is 3.68. The van der Waals surface area contributed by atoms with Crippen LogP contribution in [0.1, 0.15) is 12.8 Å². The van der Waals surface area contributed by atoms with E-state index in [-0.39, 0.29) is 21.6 Å². The van der Waals surface area contributed by atoms with E-state index in [4.69, 9.17) is 15.4 Å². The summed E-state index contributed by atoms with van der Waals surface area (Å²) in [5.41, 5.74) is 0. The second-order valence-electron chi connectivity index (χ2n) is 4.33. The van der Waals surface area contributed by atoms with Gasteiger partial charge in [-0.3, -0.25) is 0 Å². The lowest BCUT2D eigenvalue weighted by atomic mass is 10.3. The van der Waals surface area contributed by atoms with Crippen molar-refractivity contribution in [2.75, 3.05) is 12.4 Å². The summed E-state index contributed by atoms with van der Waals surface area (Å²) < 4.78 is 51.6. The maximum absolute atomic E-state index is 12.1. The number of hydrogen-bond acceptors (Lipinski definition) is 5. The fourth-order valence-corrected chi connectivity index (χ4v) is 4.19. The molecule has 1 aromatic carbocycles. The summed E-state index contributed by atoms with van der Waals surface area (Å²) in [6, 6.07) is 4.87. The quantitative estimate of drug-likeness (QED) is 0.786. The van der Waals surface area contributed by atoms with Gasteiger partial charge in [-0.2, -0.15) is 0 Å². The number of rotatable bonds is 4. The fraction of sp³-hybridized carbons (Fsp3) is 0.455. The van der Waals surface area contributed by atoms with Crippen molar-refractivity contribution in [3.05, 3.63) is 24.3 Å². The van der Waals surface area contributed by atoms with Crippen LogP contribution < -0.4 is 0 Å². The maximum Gasteiger partial charge on any atom is 0.261 e. The second kappa shape index (κ2) is 5.40. The first kappa shape index (κ1) is 14.8. The number of halogens is 1. The largest absolute Gasteiger partial charge is 0.377 e. The molecule has 0 radical (unpaired) electrons. The zero-order chi connectivity index (χ0) is 14.1. The van der Waals surface area contributed by atoms with Gasteiger partial charge in [-0.25, -0.2) is 16.8 Å². The van der Waals surface area contributed by atoms with E-state index in [2.05, 4.69) is 0 Å². The normalized spacial score (nSPS) is 20.6. The molecule has 0 saturated carbocycles. The molecule has 1 atom stereocenters. The summed E-state index contributed by atoms with van der Waals surface area (Å²) in [6.07, 6.45) is 1.32. The minimum Gasteiger partial charge on any atom is -0.377 e. The van der Waals surface area contributed by atoms with Gasteiger partial charge in [-0.15, -0.1) is 0 Å². The predicted octanol–water partition coefficient (Wildman–Crippen LogP) is 1.57. The number of sulfone groups is 1. The van der Waals surface area contributed by atoms with E-state index in [1.807, 2.05) is 0 Å². The highest BCUT2D eigenvalue weighted by Crippen LogP contribution is 2.21. The van der Waals surface area contributed by atoms with Gasteiger partial charge in [-0.1, -0.05) is 0 Å². The van der Waals surface area contributed by atoms with E-state index in [0.717, 1.165) is 12.8 Å². The first-order valence-electron chi connectivity index (χ1n) is 5.68. The van der Waals surface area contributed by atoms with E-state index in [1.165, 1.54) is 24.3 Å². The smallest absolute Gasteiger partial charge is 0.261 e. The fourth-order valence-electron chi connectivity index (χ4n) is 1.93. The Bertz CT molecular complexity index is 643. The molecule has 1 saturated heterocycles. The monoisotopic (exact) mass is 324 g/mol. The number of benzene rings is 1. The van der Waals surface area contributed by atoms with Crippen LogP contribution in [0.3, 0.4) is 0 Å². The Labute approximate surface area is 116 Å².